The standard InChI is InChI=1S/C22H25F7N2OS/c1-33-30-8-6-13(12-30)10-19(32)31-9-7-17-16-4-3-15(11-14(16)2-5-18(17)31)20(23,21(24,25)26)22(27,28)29/h3-4,11,13,17-18H,2,5-10,12H2,1H3. The van der Waals surface area contributed by atoms with Crippen molar-refractivity contribution in [3.63, 3.8) is 0 Å². The second-order valence-corrected chi connectivity index (χ2v) is 9.97. The number of alkyl halides is 7. The van der Waals surface area contributed by atoms with Crippen LogP contribution in [0.5, 0.6) is 0 Å². The lowest BCUT2D eigenvalue weighted by molar-refractivity contribution is -0.348. The molecule has 33 heavy (non-hydrogen) atoms. The van der Waals surface area contributed by atoms with E-state index in [0.29, 0.717) is 49.1 Å². The highest BCUT2D eigenvalue weighted by Crippen LogP contribution is 2.54. The number of rotatable bonds is 4. The first-order chi connectivity index (χ1) is 15.4. The van der Waals surface area contributed by atoms with E-state index in [-0.39, 0.29) is 30.2 Å². The molecule has 11 heteroatoms. The molecule has 3 aliphatic rings. The summed E-state index contributed by atoms with van der Waals surface area (Å²) in [5, 5.41) is 0. The molecule has 2 aliphatic heterocycles. The number of aryl methyl sites for hydroxylation is 1. The number of amides is 1. The van der Waals surface area contributed by atoms with Crippen LogP contribution in [-0.4, -0.2) is 59.4 Å². The fourth-order valence-corrected chi connectivity index (χ4v) is 6.21. The molecule has 1 aromatic rings. The SMILES string of the molecule is CSN1CCC(CC(=O)N2CCC3c4ccc(C(F)(C(F)(F)F)C(F)(F)F)cc4CCC32)C1. The molecule has 2 heterocycles. The maximum atomic E-state index is 14.5. The second kappa shape index (κ2) is 8.62. The van der Waals surface area contributed by atoms with Gasteiger partial charge in [-0.2, -0.15) is 26.3 Å². The molecule has 184 valence electrons. The van der Waals surface area contributed by atoms with Gasteiger partial charge in [-0.05, 0) is 49.0 Å². The van der Waals surface area contributed by atoms with Gasteiger partial charge in [0.1, 0.15) is 0 Å². The van der Waals surface area contributed by atoms with Gasteiger partial charge >= 0.3 is 18.0 Å². The highest BCUT2D eigenvalue weighted by molar-refractivity contribution is 7.96. The minimum absolute atomic E-state index is 0.0486. The van der Waals surface area contributed by atoms with Crippen molar-refractivity contribution in [2.45, 2.75) is 62.1 Å². The van der Waals surface area contributed by atoms with Gasteiger partial charge in [-0.25, -0.2) is 4.39 Å². The Morgan fingerprint density at radius 1 is 1.03 bits per heavy atom. The molecule has 0 aromatic heterocycles. The zero-order valence-electron chi connectivity index (χ0n) is 18.0. The van der Waals surface area contributed by atoms with Crippen LogP contribution in [0.15, 0.2) is 18.2 Å². The van der Waals surface area contributed by atoms with Crippen LogP contribution in [0.1, 0.15) is 48.3 Å². The Hall–Kier alpha value is -1.49. The molecule has 1 aliphatic carbocycles. The number of likely N-dealkylation sites (tertiary alicyclic amines) is 1. The maximum Gasteiger partial charge on any atom is 0.435 e. The average Bonchev–Trinajstić information content (AvgIpc) is 3.37. The van der Waals surface area contributed by atoms with Gasteiger partial charge in [0.25, 0.3) is 0 Å². The summed E-state index contributed by atoms with van der Waals surface area (Å²) < 4.78 is 95.6. The summed E-state index contributed by atoms with van der Waals surface area (Å²) >= 11 is 1.65. The second-order valence-electron chi connectivity index (χ2n) is 9.09. The Kier molecular flexibility index (Phi) is 6.44. The summed E-state index contributed by atoms with van der Waals surface area (Å²) in [4.78, 5) is 14.8. The third kappa shape index (κ3) is 4.24. The Labute approximate surface area is 191 Å². The molecule has 4 rings (SSSR count). The highest BCUT2D eigenvalue weighted by atomic mass is 32.2. The molecular weight excluding hydrogens is 473 g/mol. The van der Waals surface area contributed by atoms with Crippen LogP contribution in [0.3, 0.4) is 0 Å². The maximum absolute atomic E-state index is 14.5. The normalized spacial score (nSPS) is 26.4. The topological polar surface area (TPSA) is 23.6 Å². The van der Waals surface area contributed by atoms with E-state index in [1.165, 1.54) is 6.07 Å². The minimum atomic E-state index is -6.13. The summed E-state index contributed by atoms with van der Waals surface area (Å²) in [6, 6.07) is 2.37. The van der Waals surface area contributed by atoms with Crippen LogP contribution >= 0.6 is 11.9 Å². The van der Waals surface area contributed by atoms with Crippen molar-refractivity contribution in [1.82, 2.24) is 9.21 Å². The molecule has 3 unspecified atom stereocenters. The Morgan fingerprint density at radius 2 is 1.73 bits per heavy atom. The fraction of sp³-hybridized carbons (Fsp3) is 0.682. The van der Waals surface area contributed by atoms with E-state index in [2.05, 4.69) is 4.31 Å². The minimum Gasteiger partial charge on any atom is -0.339 e. The Balaban J connectivity index is 1.53. The molecule has 2 fully saturated rings. The quantitative estimate of drug-likeness (QED) is 0.399. The molecule has 3 nitrogen and oxygen atoms in total. The lowest BCUT2D eigenvalue weighted by Crippen LogP contribution is -2.50. The fourth-order valence-electron chi connectivity index (χ4n) is 5.57. The van der Waals surface area contributed by atoms with Crippen molar-refractivity contribution in [2.24, 2.45) is 5.92 Å². The van der Waals surface area contributed by atoms with Crippen molar-refractivity contribution in [3.05, 3.63) is 34.9 Å². The van der Waals surface area contributed by atoms with Gasteiger partial charge in [0.2, 0.25) is 5.91 Å². The van der Waals surface area contributed by atoms with Gasteiger partial charge in [0.15, 0.2) is 0 Å². The number of hydrogen-bond donors (Lipinski definition) is 0. The molecular formula is C22H25F7N2OS. The number of hydrogen-bond acceptors (Lipinski definition) is 3. The van der Waals surface area contributed by atoms with E-state index in [4.69, 9.17) is 0 Å². The van der Waals surface area contributed by atoms with Crippen molar-refractivity contribution in [2.75, 3.05) is 25.9 Å². The van der Waals surface area contributed by atoms with Crippen molar-refractivity contribution in [3.8, 4) is 0 Å². The van der Waals surface area contributed by atoms with Crippen molar-refractivity contribution < 1.29 is 35.5 Å². The lowest BCUT2D eigenvalue weighted by atomic mass is 9.77. The van der Waals surface area contributed by atoms with E-state index >= 15 is 0 Å². The first-order valence-corrected chi connectivity index (χ1v) is 12.1. The third-order valence-electron chi connectivity index (χ3n) is 7.27. The van der Waals surface area contributed by atoms with Crippen LogP contribution in [-0.2, 0) is 16.9 Å². The molecule has 0 saturated carbocycles. The first kappa shape index (κ1) is 24.6. The van der Waals surface area contributed by atoms with Gasteiger partial charge < -0.3 is 4.90 Å². The summed E-state index contributed by atoms with van der Waals surface area (Å²) in [7, 11) is 0. The van der Waals surface area contributed by atoms with Crippen molar-refractivity contribution >= 4 is 17.9 Å². The first-order valence-electron chi connectivity index (χ1n) is 10.9. The summed E-state index contributed by atoms with van der Waals surface area (Å²) in [5.41, 5.74) is -5.95. The molecule has 3 atom stereocenters. The third-order valence-corrected chi connectivity index (χ3v) is 8.12. The highest BCUT2D eigenvalue weighted by Gasteiger charge is 2.73. The summed E-state index contributed by atoms with van der Waals surface area (Å²) in [6.07, 6.45) is -7.65. The van der Waals surface area contributed by atoms with E-state index < -0.39 is 23.6 Å². The monoisotopic (exact) mass is 498 g/mol. The smallest absolute Gasteiger partial charge is 0.339 e. The molecule has 0 bridgehead atoms. The lowest BCUT2D eigenvalue weighted by Gasteiger charge is -2.35. The van der Waals surface area contributed by atoms with Crippen molar-refractivity contribution in [1.29, 1.82) is 0 Å². The molecule has 2 saturated heterocycles. The van der Waals surface area contributed by atoms with Gasteiger partial charge in [-0.3, -0.25) is 9.10 Å². The van der Waals surface area contributed by atoms with Crippen LogP contribution in [0.2, 0.25) is 0 Å². The summed E-state index contributed by atoms with van der Waals surface area (Å²) in [5.74, 6) is 0.168. The van der Waals surface area contributed by atoms with Gasteiger partial charge in [-0.1, -0.05) is 30.1 Å². The predicted molar refractivity (Wildman–Crippen MR) is 110 cm³/mol. The van der Waals surface area contributed by atoms with Crippen LogP contribution in [0.4, 0.5) is 30.7 Å². The number of benzene rings is 1. The van der Waals surface area contributed by atoms with Gasteiger partial charge in [0, 0.05) is 43.6 Å². The van der Waals surface area contributed by atoms with E-state index in [9.17, 15) is 35.5 Å². The van der Waals surface area contributed by atoms with Gasteiger partial charge in [-0.15, -0.1) is 0 Å². The van der Waals surface area contributed by atoms with E-state index in [0.717, 1.165) is 19.5 Å². The number of fused-ring (bicyclic) bond motifs is 3. The summed E-state index contributed by atoms with van der Waals surface area (Å²) in [6.45, 7) is 2.29. The number of nitrogens with zero attached hydrogens (tertiary/aromatic N) is 2. The van der Waals surface area contributed by atoms with Crippen LogP contribution < -0.4 is 0 Å². The number of carbonyl (C=O) groups is 1. The van der Waals surface area contributed by atoms with E-state index in [1.807, 2.05) is 11.2 Å². The molecule has 0 N–H and O–H groups in total. The predicted octanol–water partition coefficient (Wildman–Crippen LogP) is 5.60. The molecule has 1 aromatic carbocycles. The Morgan fingerprint density at radius 3 is 2.33 bits per heavy atom. The van der Waals surface area contributed by atoms with E-state index in [1.54, 1.807) is 11.9 Å². The zero-order chi connectivity index (χ0) is 24.2. The Bertz CT molecular complexity index is 890. The van der Waals surface area contributed by atoms with Crippen LogP contribution in [0.25, 0.3) is 0 Å². The molecule has 1 amide bonds. The number of halogens is 7. The molecule has 0 radical (unpaired) electrons. The number of carbonyl (C=O) groups excluding carboxylic acids is 1. The molecule has 0 spiro atoms. The average molecular weight is 499 g/mol. The zero-order valence-corrected chi connectivity index (χ0v) is 18.8. The van der Waals surface area contributed by atoms with Gasteiger partial charge in [0.05, 0.1) is 0 Å². The van der Waals surface area contributed by atoms with Crippen LogP contribution in [0, 0.1) is 5.92 Å². The largest absolute Gasteiger partial charge is 0.435 e.